The van der Waals surface area contributed by atoms with Gasteiger partial charge >= 0.3 is 7.82 Å². The van der Waals surface area contributed by atoms with Gasteiger partial charge in [-0.2, -0.15) is 0 Å². The average molecular weight is 171 g/mol. The van der Waals surface area contributed by atoms with E-state index in [0.29, 0.717) is 0 Å². The van der Waals surface area contributed by atoms with Gasteiger partial charge in [0.2, 0.25) is 0 Å². The van der Waals surface area contributed by atoms with Gasteiger partial charge in [0.05, 0.1) is 0 Å². The number of hydrogen-bond acceptors (Lipinski definition) is 1. The van der Waals surface area contributed by atoms with Crippen LogP contribution in [0.4, 0.5) is 0 Å². The van der Waals surface area contributed by atoms with Crippen molar-refractivity contribution in [2.75, 3.05) is 0 Å². The number of rotatable bonds is 0. The van der Waals surface area contributed by atoms with Gasteiger partial charge < -0.3 is 14.7 Å². The van der Waals surface area contributed by atoms with Crippen molar-refractivity contribution in [3.05, 3.63) is 0 Å². The maximum atomic E-state index is 8.88. The Morgan fingerprint density at radius 1 is 0.875 bits per heavy atom. The standard InChI is InChI=1S/3Mg.H3O4P/c;;;1-5(2,3)4/h;;;(H3,1,2,3,4). The second kappa shape index (κ2) is 9.41. The second-order valence-electron chi connectivity index (χ2n) is 0.513. The maximum Gasteiger partial charge on any atom is 0.466 e. The van der Waals surface area contributed by atoms with E-state index in [1.807, 2.05) is 0 Å². The molecule has 0 unspecified atom stereocenters. The van der Waals surface area contributed by atoms with Crippen molar-refractivity contribution < 1.29 is 19.2 Å². The van der Waals surface area contributed by atoms with Crippen LogP contribution in [0.15, 0.2) is 0 Å². The van der Waals surface area contributed by atoms with Crippen LogP contribution in [-0.2, 0) is 4.57 Å². The van der Waals surface area contributed by atoms with Crippen molar-refractivity contribution in [1.29, 1.82) is 0 Å². The summed E-state index contributed by atoms with van der Waals surface area (Å²) in [4.78, 5) is 21.6. The molecule has 0 aromatic rings. The minimum atomic E-state index is -4.64. The largest absolute Gasteiger partial charge is 0.466 e. The summed E-state index contributed by atoms with van der Waals surface area (Å²) in [6.45, 7) is 0. The molecule has 0 saturated heterocycles. The van der Waals surface area contributed by atoms with Gasteiger partial charge in [0.25, 0.3) is 0 Å². The van der Waals surface area contributed by atoms with Gasteiger partial charge in [-0.05, 0) is 0 Å². The van der Waals surface area contributed by atoms with Crippen LogP contribution >= 0.6 is 7.82 Å². The second-order valence-corrected chi connectivity index (χ2v) is 1.54. The van der Waals surface area contributed by atoms with Crippen LogP contribution in [0.5, 0.6) is 0 Å². The summed E-state index contributed by atoms with van der Waals surface area (Å²) in [6.07, 6.45) is 0. The van der Waals surface area contributed by atoms with E-state index >= 15 is 0 Å². The van der Waals surface area contributed by atoms with Crippen LogP contribution in [0.2, 0.25) is 0 Å². The molecule has 6 radical (unpaired) electrons. The van der Waals surface area contributed by atoms with Crippen molar-refractivity contribution in [2.45, 2.75) is 0 Å². The molecule has 0 aliphatic carbocycles. The molecule has 3 N–H and O–H groups in total. The molecular weight excluding hydrogens is 168 g/mol. The van der Waals surface area contributed by atoms with Gasteiger partial charge in [-0.25, -0.2) is 4.57 Å². The quantitative estimate of drug-likeness (QED) is 0.289. The molecule has 0 aliphatic rings. The van der Waals surface area contributed by atoms with E-state index in [9.17, 15) is 0 Å². The molecule has 0 amide bonds. The summed E-state index contributed by atoms with van der Waals surface area (Å²) in [5.41, 5.74) is 0. The fourth-order valence-corrected chi connectivity index (χ4v) is 0. The molecule has 8 heavy (non-hydrogen) atoms. The van der Waals surface area contributed by atoms with Gasteiger partial charge in [-0.3, -0.25) is 0 Å². The van der Waals surface area contributed by atoms with Crippen molar-refractivity contribution in [3.63, 3.8) is 0 Å². The monoisotopic (exact) mass is 170 g/mol. The molecule has 0 aromatic carbocycles. The van der Waals surface area contributed by atoms with E-state index in [1.54, 1.807) is 0 Å². The van der Waals surface area contributed by atoms with Crippen molar-refractivity contribution in [2.24, 2.45) is 0 Å². The van der Waals surface area contributed by atoms with Gasteiger partial charge in [0.1, 0.15) is 0 Å². The van der Waals surface area contributed by atoms with Crippen LogP contribution in [0.25, 0.3) is 0 Å². The Kier molecular flexibility index (Phi) is 26.4. The van der Waals surface area contributed by atoms with Gasteiger partial charge in [0.15, 0.2) is 0 Å². The topological polar surface area (TPSA) is 77.8 Å². The third kappa shape index (κ3) is 79.6. The highest BCUT2D eigenvalue weighted by Crippen LogP contribution is 2.25. The first kappa shape index (κ1) is 22.4. The van der Waals surface area contributed by atoms with Crippen molar-refractivity contribution in [3.8, 4) is 0 Å². The Labute approximate surface area is 95.1 Å². The highest BCUT2D eigenvalue weighted by molar-refractivity contribution is 7.45. The molecule has 0 atom stereocenters. The first-order valence-electron chi connectivity index (χ1n) is 0.783. The fourth-order valence-electron chi connectivity index (χ4n) is 0. The third-order valence-electron chi connectivity index (χ3n) is 0. The fraction of sp³-hybridized carbons (Fsp3) is 0. The van der Waals surface area contributed by atoms with Crippen LogP contribution in [0.3, 0.4) is 0 Å². The van der Waals surface area contributed by atoms with E-state index in [0.717, 1.165) is 0 Å². The first-order valence-corrected chi connectivity index (χ1v) is 2.35. The highest BCUT2D eigenvalue weighted by Gasteiger charge is 2.00. The lowest BCUT2D eigenvalue weighted by atomic mass is 15.8. The smallest absolute Gasteiger partial charge is 0.303 e. The Bertz CT molecular complexity index is 57.4. The molecule has 0 fully saturated rings. The van der Waals surface area contributed by atoms with E-state index in [-0.39, 0.29) is 69.2 Å². The number of hydrogen-bond donors (Lipinski definition) is 3. The average Bonchev–Trinajstić information content (AvgIpc) is 0.722. The van der Waals surface area contributed by atoms with Crippen LogP contribution < -0.4 is 0 Å². The minimum absolute atomic E-state index is 0. The molecule has 0 aliphatic heterocycles. The van der Waals surface area contributed by atoms with Crippen LogP contribution in [-0.4, -0.2) is 83.8 Å². The van der Waals surface area contributed by atoms with Crippen LogP contribution in [0.1, 0.15) is 0 Å². The number of phosphoric acid groups is 1. The lowest BCUT2D eigenvalue weighted by Gasteiger charge is -1.82. The molecule has 0 bridgehead atoms. The van der Waals surface area contributed by atoms with Crippen molar-refractivity contribution in [1.82, 2.24) is 0 Å². The van der Waals surface area contributed by atoms with Gasteiger partial charge in [-0.15, -0.1) is 0 Å². The zero-order valence-corrected chi connectivity index (χ0v) is 9.46. The summed E-state index contributed by atoms with van der Waals surface area (Å²) >= 11 is 0. The Hall–Kier alpha value is 2.41. The molecule has 0 rings (SSSR count). The SMILES string of the molecule is O=P(O)(O)O.[Mg].[Mg].[Mg]. The Morgan fingerprint density at radius 2 is 0.875 bits per heavy atom. The lowest BCUT2D eigenvalue weighted by molar-refractivity contribution is 0.275. The summed E-state index contributed by atoms with van der Waals surface area (Å²) < 4.78 is 8.88. The maximum absolute atomic E-state index is 8.88. The highest BCUT2D eigenvalue weighted by atomic mass is 31.2. The lowest BCUT2D eigenvalue weighted by Crippen LogP contribution is -1.66. The van der Waals surface area contributed by atoms with Crippen LogP contribution in [0, 0.1) is 0 Å². The molecule has 0 heterocycles. The Balaban J connectivity index is -0.0000000267. The van der Waals surface area contributed by atoms with E-state index in [2.05, 4.69) is 0 Å². The summed E-state index contributed by atoms with van der Waals surface area (Å²) in [6, 6.07) is 0. The Morgan fingerprint density at radius 3 is 0.875 bits per heavy atom. The molecule has 0 saturated carbocycles. The van der Waals surface area contributed by atoms with Gasteiger partial charge in [-0.1, -0.05) is 0 Å². The molecule has 4 nitrogen and oxygen atoms in total. The molecule has 8 heteroatoms. The molecule has 38 valence electrons. The molecule has 0 aromatic heterocycles. The summed E-state index contributed by atoms with van der Waals surface area (Å²) in [5.74, 6) is 0. The first-order chi connectivity index (χ1) is 2.00. The summed E-state index contributed by atoms with van der Waals surface area (Å²) in [7, 11) is -4.64. The van der Waals surface area contributed by atoms with Crippen molar-refractivity contribution >= 4 is 77.0 Å². The molecular formula is H3Mg3O4P. The predicted molar refractivity (Wildman–Crippen MR) is 31.5 cm³/mol. The predicted octanol–water partition coefficient (Wildman–Crippen LogP) is -2.07. The third-order valence-corrected chi connectivity index (χ3v) is 0. The van der Waals surface area contributed by atoms with E-state index in [1.165, 1.54) is 0 Å². The minimum Gasteiger partial charge on any atom is -0.303 e. The normalized spacial score (nSPS) is 7.38. The molecule has 0 spiro atoms. The van der Waals surface area contributed by atoms with E-state index < -0.39 is 7.82 Å². The summed E-state index contributed by atoms with van der Waals surface area (Å²) in [5, 5.41) is 0. The zero-order valence-electron chi connectivity index (χ0n) is 4.32. The zero-order chi connectivity index (χ0) is 4.50. The van der Waals surface area contributed by atoms with E-state index in [4.69, 9.17) is 19.2 Å². The van der Waals surface area contributed by atoms with Gasteiger partial charge in [0, 0.05) is 69.2 Å².